The van der Waals surface area contributed by atoms with Gasteiger partial charge in [0.25, 0.3) is 0 Å². The standard InChI is InChI=1S/C18H33N3O5/c1-17(2)25-15-14(23-11-13(22)20(4)5)12(24-16(15)26-17)10-21-8-6-18(3,19)7-9-21/h12,14-16H,6-11,19H2,1-5H3/t12-,14+,15-,16-/m1/s1. The molecule has 3 aliphatic heterocycles. The number of ether oxygens (including phenoxy) is 4. The van der Waals surface area contributed by atoms with Crippen molar-refractivity contribution in [3.63, 3.8) is 0 Å². The van der Waals surface area contributed by atoms with Crippen molar-refractivity contribution in [1.29, 1.82) is 0 Å². The first-order chi connectivity index (χ1) is 12.1. The van der Waals surface area contributed by atoms with Crippen LogP contribution < -0.4 is 5.73 Å². The fraction of sp³-hybridized carbons (Fsp3) is 0.944. The van der Waals surface area contributed by atoms with Gasteiger partial charge in [-0.1, -0.05) is 0 Å². The van der Waals surface area contributed by atoms with Gasteiger partial charge >= 0.3 is 0 Å². The zero-order valence-corrected chi connectivity index (χ0v) is 16.6. The summed E-state index contributed by atoms with van der Waals surface area (Å²) in [6.07, 6.45) is 0.595. The third-order valence-corrected chi connectivity index (χ3v) is 5.42. The van der Waals surface area contributed by atoms with Crippen molar-refractivity contribution in [2.45, 2.75) is 69.5 Å². The number of likely N-dealkylation sites (tertiary alicyclic amines) is 1. The number of rotatable bonds is 5. The molecule has 3 aliphatic rings. The van der Waals surface area contributed by atoms with Crippen LogP contribution >= 0.6 is 0 Å². The molecule has 4 atom stereocenters. The Labute approximate surface area is 155 Å². The van der Waals surface area contributed by atoms with Crippen LogP contribution in [0.5, 0.6) is 0 Å². The van der Waals surface area contributed by atoms with Crippen LogP contribution in [0.3, 0.4) is 0 Å². The average molecular weight is 371 g/mol. The molecule has 8 nitrogen and oxygen atoms in total. The highest BCUT2D eigenvalue weighted by molar-refractivity contribution is 5.76. The third kappa shape index (κ3) is 4.55. The van der Waals surface area contributed by atoms with Crippen molar-refractivity contribution in [1.82, 2.24) is 9.80 Å². The van der Waals surface area contributed by atoms with E-state index in [9.17, 15) is 4.79 Å². The summed E-state index contributed by atoms with van der Waals surface area (Å²) in [4.78, 5) is 15.8. The molecule has 1 amide bonds. The Hall–Kier alpha value is -0.770. The highest BCUT2D eigenvalue weighted by Gasteiger charge is 2.55. The van der Waals surface area contributed by atoms with E-state index in [1.807, 2.05) is 13.8 Å². The zero-order chi connectivity index (χ0) is 19.1. The number of nitrogens with zero attached hydrogens (tertiary/aromatic N) is 2. The fourth-order valence-corrected chi connectivity index (χ4v) is 3.69. The van der Waals surface area contributed by atoms with Gasteiger partial charge in [-0.3, -0.25) is 4.79 Å². The van der Waals surface area contributed by atoms with E-state index < -0.39 is 12.1 Å². The molecule has 0 aromatic rings. The van der Waals surface area contributed by atoms with Gasteiger partial charge < -0.3 is 34.5 Å². The fourth-order valence-electron chi connectivity index (χ4n) is 3.69. The highest BCUT2D eigenvalue weighted by atomic mass is 16.8. The van der Waals surface area contributed by atoms with Crippen molar-refractivity contribution in [3.8, 4) is 0 Å². The van der Waals surface area contributed by atoms with E-state index in [4.69, 9.17) is 24.7 Å². The molecular weight excluding hydrogens is 338 g/mol. The van der Waals surface area contributed by atoms with Gasteiger partial charge in [0, 0.05) is 26.2 Å². The van der Waals surface area contributed by atoms with Crippen molar-refractivity contribution in [3.05, 3.63) is 0 Å². The van der Waals surface area contributed by atoms with Gasteiger partial charge in [-0.05, 0) is 46.7 Å². The van der Waals surface area contributed by atoms with Crippen molar-refractivity contribution < 1.29 is 23.7 Å². The Balaban J connectivity index is 1.63. The van der Waals surface area contributed by atoms with E-state index >= 15 is 0 Å². The Bertz CT molecular complexity index is 515. The SMILES string of the molecule is CN(C)C(=O)CO[C@@H]1[C@H]2OC(C)(C)O[C@H]2O[C@@H]1CN1CCC(C)(N)CC1. The van der Waals surface area contributed by atoms with E-state index in [1.54, 1.807) is 14.1 Å². The molecule has 3 rings (SSSR count). The van der Waals surface area contributed by atoms with Crippen molar-refractivity contribution in [2.24, 2.45) is 5.73 Å². The molecule has 0 unspecified atom stereocenters. The van der Waals surface area contributed by atoms with Crippen LogP contribution in [0.25, 0.3) is 0 Å². The largest absolute Gasteiger partial charge is 0.363 e. The predicted octanol–water partition coefficient (Wildman–Crippen LogP) is 0.149. The van der Waals surface area contributed by atoms with Gasteiger partial charge in [0.15, 0.2) is 12.1 Å². The minimum Gasteiger partial charge on any atom is -0.363 e. The van der Waals surface area contributed by atoms with Gasteiger partial charge in [-0.2, -0.15) is 0 Å². The predicted molar refractivity (Wildman–Crippen MR) is 95.4 cm³/mol. The molecule has 0 spiro atoms. The van der Waals surface area contributed by atoms with Crippen LogP contribution in [-0.2, 0) is 23.7 Å². The first-order valence-corrected chi connectivity index (χ1v) is 9.40. The molecule has 0 aliphatic carbocycles. The van der Waals surface area contributed by atoms with E-state index in [0.717, 1.165) is 32.5 Å². The van der Waals surface area contributed by atoms with Crippen LogP contribution in [0.15, 0.2) is 0 Å². The first kappa shape index (κ1) is 20.0. The number of carbonyl (C=O) groups excluding carboxylic acids is 1. The van der Waals surface area contributed by atoms with Crippen molar-refractivity contribution in [2.75, 3.05) is 40.3 Å². The molecule has 2 N–H and O–H groups in total. The second kappa shape index (κ2) is 7.33. The number of nitrogens with two attached hydrogens (primary N) is 1. The second-order valence-corrected chi connectivity index (χ2v) is 8.66. The van der Waals surface area contributed by atoms with E-state index in [2.05, 4.69) is 11.8 Å². The van der Waals surface area contributed by atoms with Crippen LogP contribution in [0.4, 0.5) is 0 Å². The maximum atomic E-state index is 12.0. The summed E-state index contributed by atoms with van der Waals surface area (Å²) in [5.74, 6) is -0.790. The lowest BCUT2D eigenvalue weighted by molar-refractivity contribution is -0.220. The monoisotopic (exact) mass is 371 g/mol. The normalized spacial score (nSPS) is 36.1. The summed E-state index contributed by atoms with van der Waals surface area (Å²) in [5.41, 5.74) is 6.14. The highest BCUT2D eigenvalue weighted by Crippen LogP contribution is 2.39. The maximum Gasteiger partial charge on any atom is 0.248 e. The molecule has 150 valence electrons. The number of amides is 1. The van der Waals surface area contributed by atoms with Crippen LogP contribution in [0.2, 0.25) is 0 Å². The molecule has 0 aromatic carbocycles. The summed E-state index contributed by atoms with van der Waals surface area (Å²) in [5, 5.41) is 0. The topological polar surface area (TPSA) is 86.5 Å². The van der Waals surface area contributed by atoms with Gasteiger partial charge in [0.1, 0.15) is 24.9 Å². The summed E-state index contributed by atoms with van der Waals surface area (Å²) < 4.78 is 23.9. The molecular formula is C18H33N3O5. The Morgan fingerprint density at radius 3 is 2.50 bits per heavy atom. The van der Waals surface area contributed by atoms with Gasteiger partial charge in [0.2, 0.25) is 5.91 Å². The van der Waals surface area contributed by atoms with Crippen molar-refractivity contribution >= 4 is 5.91 Å². The zero-order valence-electron chi connectivity index (χ0n) is 16.6. The third-order valence-electron chi connectivity index (χ3n) is 5.42. The van der Waals surface area contributed by atoms with Gasteiger partial charge in [-0.15, -0.1) is 0 Å². The van der Waals surface area contributed by atoms with Crippen LogP contribution in [-0.4, -0.2) is 92.0 Å². The van der Waals surface area contributed by atoms with E-state index in [-0.39, 0.29) is 36.4 Å². The first-order valence-electron chi connectivity index (χ1n) is 9.40. The molecule has 0 bridgehead atoms. The molecule has 3 fully saturated rings. The Morgan fingerprint density at radius 1 is 1.23 bits per heavy atom. The summed E-state index contributed by atoms with van der Waals surface area (Å²) in [6, 6.07) is 0. The van der Waals surface area contributed by atoms with Gasteiger partial charge in [0.05, 0.1) is 0 Å². The van der Waals surface area contributed by atoms with Crippen LogP contribution in [0, 0.1) is 0 Å². The average Bonchev–Trinajstić information content (AvgIpc) is 2.98. The number of likely N-dealkylation sites (N-methyl/N-ethyl adjacent to an activating group) is 1. The van der Waals surface area contributed by atoms with Gasteiger partial charge in [-0.25, -0.2) is 0 Å². The Morgan fingerprint density at radius 2 is 1.88 bits per heavy atom. The number of hydrogen-bond acceptors (Lipinski definition) is 7. The number of carbonyl (C=O) groups is 1. The number of hydrogen-bond donors (Lipinski definition) is 1. The quantitative estimate of drug-likeness (QED) is 0.736. The maximum absolute atomic E-state index is 12.0. The summed E-state index contributed by atoms with van der Waals surface area (Å²) in [6.45, 7) is 8.40. The van der Waals surface area contributed by atoms with E-state index in [0.29, 0.717) is 0 Å². The molecule has 26 heavy (non-hydrogen) atoms. The minimum atomic E-state index is -0.708. The molecule has 0 saturated carbocycles. The van der Waals surface area contributed by atoms with E-state index in [1.165, 1.54) is 4.90 Å². The lowest BCUT2D eigenvalue weighted by Gasteiger charge is -2.38. The second-order valence-electron chi connectivity index (χ2n) is 8.66. The lowest BCUT2D eigenvalue weighted by Crippen LogP contribution is -2.51. The summed E-state index contributed by atoms with van der Waals surface area (Å²) in [7, 11) is 3.43. The lowest BCUT2D eigenvalue weighted by atomic mass is 9.91. The molecule has 3 saturated heterocycles. The molecule has 3 heterocycles. The Kier molecular flexibility index (Phi) is 5.63. The number of fused-ring (bicyclic) bond motifs is 1. The summed E-state index contributed by atoms with van der Waals surface area (Å²) >= 11 is 0. The smallest absolute Gasteiger partial charge is 0.248 e. The number of piperidine rings is 1. The molecule has 0 radical (unpaired) electrons. The molecule has 0 aromatic heterocycles. The molecule has 8 heteroatoms. The minimum absolute atomic E-state index is 0.00536. The van der Waals surface area contributed by atoms with Crippen LogP contribution in [0.1, 0.15) is 33.6 Å².